The summed E-state index contributed by atoms with van der Waals surface area (Å²) in [6.07, 6.45) is 0. The molecule has 0 atom stereocenters. The lowest BCUT2D eigenvalue weighted by atomic mass is 10.1. The summed E-state index contributed by atoms with van der Waals surface area (Å²) < 4.78 is 0. The second-order valence-corrected chi connectivity index (χ2v) is 4.19. The maximum Gasteiger partial charge on any atom is 0.186 e. The van der Waals surface area contributed by atoms with Crippen LogP contribution in [0.25, 0.3) is 0 Å². The van der Waals surface area contributed by atoms with Gasteiger partial charge in [0.25, 0.3) is 0 Å². The van der Waals surface area contributed by atoms with Crippen molar-refractivity contribution in [2.45, 2.75) is 19.6 Å². The third kappa shape index (κ3) is 3.34. The van der Waals surface area contributed by atoms with Gasteiger partial charge in [0.05, 0.1) is 0 Å². The van der Waals surface area contributed by atoms with Crippen molar-refractivity contribution in [1.82, 2.24) is 0 Å². The second-order valence-electron chi connectivity index (χ2n) is 3.03. The first-order valence-corrected chi connectivity index (χ1v) is 5.31. The van der Waals surface area contributed by atoms with Crippen LogP contribution in [-0.4, -0.2) is 10.9 Å². The number of thioether (sulfide) groups is 1. The van der Waals surface area contributed by atoms with Crippen LogP contribution in [-0.2, 0) is 10.5 Å². The maximum atomic E-state index is 11.0. The average Bonchev–Trinajstić information content (AvgIpc) is 2.15. The van der Waals surface area contributed by atoms with Crippen LogP contribution >= 0.6 is 11.8 Å². The van der Waals surface area contributed by atoms with E-state index in [0.29, 0.717) is 11.3 Å². The van der Waals surface area contributed by atoms with E-state index in [1.807, 2.05) is 12.1 Å². The zero-order valence-corrected chi connectivity index (χ0v) is 9.06. The second kappa shape index (κ2) is 4.96. The van der Waals surface area contributed by atoms with Crippen LogP contribution in [0.15, 0.2) is 24.3 Å². The summed E-state index contributed by atoms with van der Waals surface area (Å²) in [6, 6.07) is 7.34. The minimum Gasteiger partial charge on any atom is -0.295 e. The lowest BCUT2D eigenvalue weighted by molar-refractivity contribution is -0.109. The van der Waals surface area contributed by atoms with Crippen molar-refractivity contribution in [3.8, 4) is 0 Å². The summed E-state index contributed by atoms with van der Waals surface area (Å²) >= 11 is 1.27. The number of carbonyl (C=O) groups is 2. The van der Waals surface area contributed by atoms with Gasteiger partial charge in [-0.25, -0.2) is 0 Å². The summed E-state index contributed by atoms with van der Waals surface area (Å²) in [5.41, 5.74) is 1.77. The van der Waals surface area contributed by atoms with E-state index in [1.54, 1.807) is 26.0 Å². The SMILES string of the molecule is CC(=O)SCc1ccc(C(C)=O)cc1. The molecule has 0 saturated carbocycles. The molecule has 1 aromatic carbocycles. The third-order valence-corrected chi connectivity index (χ3v) is 2.69. The molecule has 0 fully saturated rings. The molecule has 0 heterocycles. The number of carbonyl (C=O) groups excluding carboxylic acids is 2. The summed E-state index contributed by atoms with van der Waals surface area (Å²) in [4.78, 5) is 21.7. The Balaban J connectivity index is 2.64. The standard InChI is InChI=1S/C11H12O2S/c1-8(12)11-5-3-10(4-6-11)7-14-9(2)13/h3-6H,7H2,1-2H3. The van der Waals surface area contributed by atoms with Gasteiger partial charge in [-0.1, -0.05) is 36.0 Å². The molecule has 0 aromatic heterocycles. The number of hydrogen-bond donors (Lipinski definition) is 0. The molecule has 0 amide bonds. The van der Waals surface area contributed by atoms with Gasteiger partial charge in [-0.05, 0) is 12.5 Å². The summed E-state index contributed by atoms with van der Waals surface area (Å²) in [6.45, 7) is 3.09. The van der Waals surface area contributed by atoms with Crippen molar-refractivity contribution in [2.75, 3.05) is 0 Å². The van der Waals surface area contributed by atoms with Crippen molar-refractivity contribution in [3.63, 3.8) is 0 Å². The zero-order chi connectivity index (χ0) is 10.6. The Morgan fingerprint density at radius 2 is 1.71 bits per heavy atom. The number of benzene rings is 1. The predicted molar refractivity (Wildman–Crippen MR) is 58.4 cm³/mol. The molecule has 0 spiro atoms. The van der Waals surface area contributed by atoms with Crippen molar-refractivity contribution < 1.29 is 9.59 Å². The highest BCUT2D eigenvalue weighted by Crippen LogP contribution is 2.13. The normalized spacial score (nSPS) is 9.86. The Hall–Kier alpha value is -1.09. The first kappa shape index (κ1) is 11.0. The van der Waals surface area contributed by atoms with Crippen molar-refractivity contribution in [1.29, 1.82) is 0 Å². The van der Waals surface area contributed by atoms with E-state index in [0.717, 1.165) is 5.56 Å². The minimum absolute atomic E-state index is 0.0655. The summed E-state index contributed by atoms with van der Waals surface area (Å²) in [5, 5.41) is 0.112. The molecule has 14 heavy (non-hydrogen) atoms. The number of Topliss-reactive ketones (excluding diaryl/α,β-unsaturated/α-hetero) is 1. The Bertz CT molecular complexity index is 341. The molecular formula is C11H12O2S. The largest absolute Gasteiger partial charge is 0.295 e. The van der Waals surface area contributed by atoms with Crippen molar-refractivity contribution in [3.05, 3.63) is 35.4 Å². The fourth-order valence-electron chi connectivity index (χ4n) is 1.02. The highest BCUT2D eigenvalue weighted by atomic mass is 32.2. The highest BCUT2D eigenvalue weighted by Gasteiger charge is 2.00. The molecule has 0 bridgehead atoms. The van der Waals surface area contributed by atoms with Gasteiger partial charge in [-0.3, -0.25) is 9.59 Å². The molecule has 3 heteroatoms. The molecule has 0 aliphatic heterocycles. The van der Waals surface area contributed by atoms with Crippen LogP contribution < -0.4 is 0 Å². The molecule has 1 aromatic rings. The van der Waals surface area contributed by atoms with Crippen LogP contribution in [0.5, 0.6) is 0 Å². The number of ketones is 1. The minimum atomic E-state index is 0.0655. The van der Waals surface area contributed by atoms with Crippen LogP contribution in [0.1, 0.15) is 29.8 Å². The van der Waals surface area contributed by atoms with Gasteiger partial charge >= 0.3 is 0 Å². The quantitative estimate of drug-likeness (QED) is 0.716. The molecule has 0 aliphatic carbocycles. The van der Waals surface area contributed by atoms with Crippen molar-refractivity contribution >= 4 is 22.7 Å². The molecule has 0 aliphatic rings. The van der Waals surface area contributed by atoms with E-state index in [9.17, 15) is 9.59 Å². The number of rotatable bonds is 3. The van der Waals surface area contributed by atoms with E-state index >= 15 is 0 Å². The van der Waals surface area contributed by atoms with Gasteiger partial charge in [0, 0.05) is 18.2 Å². The van der Waals surface area contributed by atoms with Crippen LogP contribution in [0.2, 0.25) is 0 Å². The average molecular weight is 208 g/mol. The fraction of sp³-hybridized carbons (Fsp3) is 0.273. The Morgan fingerprint density at radius 3 is 2.14 bits per heavy atom. The molecular weight excluding hydrogens is 196 g/mol. The lowest BCUT2D eigenvalue weighted by Gasteiger charge is -1.99. The summed E-state index contributed by atoms with van der Waals surface area (Å²) in [7, 11) is 0. The van der Waals surface area contributed by atoms with Gasteiger partial charge in [-0.15, -0.1) is 0 Å². The fourth-order valence-corrected chi connectivity index (χ4v) is 1.58. The zero-order valence-electron chi connectivity index (χ0n) is 8.24. The van der Waals surface area contributed by atoms with Gasteiger partial charge in [0.2, 0.25) is 0 Å². The molecule has 1 rings (SSSR count). The molecule has 2 nitrogen and oxygen atoms in total. The van der Waals surface area contributed by atoms with Crippen LogP contribution in [0, 0.1) is 0 Å². The first-order valence-electron chi connectivity index (χ1n) is 4.33. The first-order chi connectivity index (χ1) is 6.59. The van der Waals surface area contributed by atoms with Gasteiger partial charge in [0.1, 0.15) is 0 Å². The van der Waals surface area contributed by atoms with Gasteiger partial charge < -0.3 is 0 Å². The third-order valence-electron chi connectivity index (χ3n) is 1.80. The predicted octanol–water partition coefficient (Wildman–Crippen LogP) is 2.67. The maximum absolute atomic E-state index is 11.0. The smallest absolute Gasteiger partial charge is 0.186 e. The Kier molecular flexibility index (Phi) is 3.89. The molecule has 74 valence electrons. The molecule has 0 radical (unpaired) electrons. The van der Waals surface area contributed by atoms with Crippen LogP contribution in [0.4, 0.5) is 0 Å². The number of hydrogen-bond acceptors (Lipinski definition) is 3. The monoisotopic (exact) mass is 208 g/mol. The van der Waals surface area contributed by atoms with Crippen LogP contribution in [0.3, 0.4) is 0 Å². The lowest BCUT2D eigenvalue weighted by Crippen LogP contribution is -1.92. The van der Waals surface area contributed by atoms with E-state index in [-0.39, 0.29) is 10.9 Å². The van der Waals surface area contributed by atoms with E-state index in [4.69, 9.17) is 0 Å². The van der Waals surface area contributed by atoms with E-state index in [2.05, 4.69) is 0 Å². The molecule has 0 unspecified atom stereocenters. The van der Waals surface area contributed by atoms with Gasteiger partial charge in [-0.2, -0.15) is 0 Å². The van der Waals surface area contributed by atoms with E-state index in [1.165, 1.54) is 11.8 Å². The summed E-state index contributed by atoms with van der Waals surface area (Å²) in [5.74, 6) is 0.740. The van der Waals surface area contributed by atoms with Gasteiger partial charge in [0.15, 0.2) is 10.9 Å². The molecule has 0 saturated heterocycles. The topological polar surface area (TPSA) is 34.1 Å². The Morgan fingerprint density at radius 1 is 1.14 bits per heavy atom. The Labute approximate surface area is 87.7 Å². The molecule has 0 N–H and O–H groups in total. The highest BCUT2D eigenvalue weighted by molar-refractivity contribution is 8.12. The van der Waals surface area contributed by atoms with E-state index < -0.39 is 0 Å². The van der Waals surface area contributed by atoms with Crippen molar-refractivity contribution in [2.24, 2.45) is 0 Å².